The summed E-state index contributed by atoms with van der Waals surface area (Å²) < 4.78 is 0. The second kappa shape index (κ2) is 7.34. The molecule has 0 spiro atoms. The van der Waals surface area contributed by atoms with Crippen molar-refractivity contribution in [2.45, 2.75) is 26.2 Å². The fraction of sp³-hybridized carbons (Fsp3) is 1.00. The summed E-state index contributed by atoms with van der Waals surface area (Å²) in [5.41, 5.74) is 0. The molecule has 80 valence electrons. The second-order valence-electron chi connectivity index (χ2n) is 4.53. The molecule has 0 aromatic carbocycles. The molecular weight excluding hydrogens is 160 g/mol. The Kier molecular flexibility index (Phi) is 7.29. The molecule has 0 aliphatic carbocycles. The quantitative estimate of drug-likeness (QED) is 0.599. The van der Waals surface area contributed by atoms with Gasteiger partial charge in [-0.05, 0) is 40.5 Å². The van der Waals surface area contributed by atoms with Crippen LogP contribution in [-0.2, 0) is 0 Å². The Morgan fingerprint density at radius 1 is 0.923 bits per heavy atom. The van der Waals surface area contributed by atoms with E-state index in [0.29, 0.717) is 0 Å². The molecule has 0 heterocycles. The first-order valence-electron chi connectivity index (χ1n) is 5.35. The highest BCUT2D eigenvalue weighted by atomic mass is 15.1. The van der Waals surface area contributed by atoms with Gasteiger partial charge in [0.05, 0.1) is 0 Å². The topological polar surface area (TPSA) is 6.48 Å². The van der Waals surface area contributed by atoms with E-state index in [1.807, 2.05) is 0 Å². The van der Waals surface area contributed by atoms with Crippen molar-refractivity contribution >= 4 is 0 Å². The van der Waals surface area contributed by atoms with E-state index in [2.05, 4.69) is 44.9 Å². The van der Waals surface area contributed by atoms with Crippen LogP contribution in [0.5, 0.6) is 0 Å². The summed E-state index contributed by atoms with van der Waals surface area (Å²) in [4.78, 5) is 4.59. The smallest absolute Gasteiger partial charge is 0.00158 e. The summed E-state index contributed by atoms with van der Waals surface area (Å²) in [6.07, 6.45) is 4.05. The Labute approximate surface area is 83.9 Å². The van der Waals surface area contributed by atoms with Gasteiger partial charge in [-0.1, -0.05) is 19.8 Å². The van der Waals surface area contributed by atoms with Crippen molar-refractivity contribution in [1.29, 1.82) is 0 Å². The Hall–Kier alpha value is -0.0800. The SMILES string of the molecule is CCCCC(CN(C)C)CN(C)C. The molecule has 0 saturated heterocycles. The molecule has 2 heteroatoms. The molecule has 13 heavy (non-hydrogen) atoms. The van der Waals surface area contributed by atoms with E-state index in [0.717, 1.165) is 5.92 Å². The van der Waals surface area contributed by atoms with Gasteiger partial charge in [-0.3, -0.25) is 0 Å². The molecule has 0 rings (SSSR count). The zero-order chi connectivity index (χ0) is 10.3. The van der Waals surface area contributed by atoms with Gasteiger partial charge in [0, 0.05) is 13.1 Å². The van der Waals surface area contributed by atoms with Gasteiger partial charge < -0.3 is 9.80 Å². The molecule has 0 aromatic rings. The van der Waals surface area contributed by atoms with Crippen molar-refractivity contribution in [3.05, 3.63) is 0 Å². The third-order valence-corrected chi connectivity index (χ3v) is 2.21. The normalized spacial score (nSPS) is 12.0. The van der Waals surface area contributed by atoms with Gasteiger partial charge in [-0.2, -0.15) is 0 Å². The lowest BCUT2D eigenvalue weighted by Crippen LogP contribution is -2.30. The zero-order valence-corrected chi connectivity index (χ0v) is 10.0. The summed E-state index contributed by atoms with van der Waals surface area (Å²) in [5, 5.41) is 0. The number of hydrogen-bond donors (Lipinski definition) is 0. The third-order valence-electron chi connectivity index (χ3n) is 2.21. The first kappa shape index (κ1) is 12.9. The lowest BCUT2D eigenvalue weighted by molar-refractivity contribution is 0.245. The molecule has 0 aromatic heterocycles. The number of hydrogen-bond acceptors (Lipinski definition) is 2. The molecular formula is C11H26N2. The number of nitrogens with zero attached hydrogens (tertiary/aromatic N) is 2. The van der Waals surface area contributed by atoms with E-state index in [9.17, 15) is 0 Å². The van der Waals surface area contributed by atoms with Gasteiger partial charge in [-0.15, -0.1) is 0 Å². The minimum absolute atomic E-state index is 0.838. The highest BCUT2D eigenvalue weighted by Gasteiger charge is 2.10. The lowest BCUT2D eigenvalue weighted by Gasteiger charge is -2.24. The summed E-state index contributed by atoms with van der Waals surface area (Å²) in [6, 6.07) is 0. The van der Waals surface area contributed by atoms with Crippen LogP contribution in [0.15, 0.2) is 0 Å². The molecule has 0 bridgehead atoms. The largest absolute Gasteiger partial charge is 0.309 e. The molecule has 0 amide bonds. The maximum atomic E-state index is 2.30. The molecule has 0 unspecified atom stereocenters. The van der Waals surface area contributed by atoms with E-state index in [-0.39, 0.29) is 0 Å². The van der Waals surface area contributed by atoms with E-state index < -0.39 is 0 Å². The van der Waals surface area contributed by atoms with Crippen molar-refractivity contribution < 1.29 is 0 Å². The first-order chi connectivity index (χ1) is 6.06. The first-order valence-corrected chi connectivity index (χ1v) is 5.35. The lowest BCUT2D eigenvalue weighted by atomic mass is 10.0. The standard InChI is InChI=1S/C11H26N2/c1-6-7-8-11(9-12(2)3)10-13(4)5/h11H,6-10H2,1-5H3. The van der Waals surface area contributed by atoms with Crippen molar-refractivity contribution in [1.82, 2.24) is 9.80 Å². The predicted molar refractivity (Wildman–Crippen MR) is 60.1 cm³/mol. The van der Waals surface area contributed by atoms with Crippen LogP contribution in [0.25, 0.3) is 0 Å². The fourth-order valence-corrected chi connectivity index (χ4v) is 1.77. The van der Waals surface area contributed by atoms with Gasteiger partial charge in [0.15, 0.2) is 0 Å². The molecule has 0 atom stereocenters. The van der Waals surface area contributed by atoms with Crippen LogP contribution in [-0.4, -0.2) is 51.1 Å². The van der Waals surface area contributed by atoms with Gasteiger partial charge in [-0.25, -0.2) is 0 Å². The van der Waals surface area contributed by atoms with E-state index in [1.165, 1.54) is 32.4 Å². The Morgan fingerprint density at radius 2 is 1.38 bits per heavy atom. The monoisotopic (exact) mass is 186 g/mol. The molecule has 0 aliphatic heterocycles. The summed E-state index contributed by atoms with van der Waals surface area (Å²) in [7, 11) is 8.65. The van der Waals surface area contributed by atoms with E-state index in [4.69, 9.17) is 0 Å². The van der Waals surface area contributed by atoms with Crippen molar-refractivity contribution in [3.63, 3.8) is 0 Å². The molecule has 2 nitrogen and oxygen atoms in total. The van der Waals surface area contributed by atoms with Crippen LogP contribution < -0.4 is 0 Å². The minimum atomic E-state index is 0.838. The van der Waals surface area contributed by atoms with Crippen LogP contribution in [0.2, 0.25) is 0 Å². The van der Waals surface area contributed by atoms with E-state index >= 15 is 0 Å². The van der Waals surface area contributed by atoms with Gasteiger partial charge in [0.1, 0.15) is 0 Å². The summed E-state index contributed by atoms with van der Waals surface area (Å²) in [6.45, 7) is 4.71. The third kappa shape index (κ3) is 8.26. The van der Waals surface area contributed by atoms with Gasteiger partial charge >= 0.3 is 0 Å². The van der Waals surface area contributed by atoms with Crippen LogP contribution in [0, 0.1) is 5.92 Å². The number of unbranched alkanes of at least 4 members (excludes halogenated alkanes) is 1. The molecule has 0 saturated carbocycles. The molecule has 0 N–H and O–H groups in total. The van der Waals surface area contributed by atoms with E-state index in [1.54, 1.807) is 0 Å². The zero-order valence-electron chi connectivity index (χ0n) is 10.0. The molecule has 0 radical (unpaired) electrons. The number of rotatable bonds is 7. The average molecular weight is 186 g/mol. The second-order valence-corrected chi connectivity index (χ2v) is 4.53. The van der Waals surface area contributed by atoms with Gasteiger partial charge in [0.25, 0.3) is 0 Å². The highest BCUT2D eigenvalue weighted by Crippen LogP contribution is 2.10. The molecule has 0 aliphatic rings. The Balaban J connectivity index is 3.73. The van der Waals surface area contributed by atoms with Crippen molar-refractivity contribution in [3.8, 4) is 0 Å². The maximum absolute atomic E-state index is 2.30. The van der Waals surface area contributed by atoms with Crippen molar-refractivity contribution in [2.75, 3.05) is 41.3 Å². The Morgan fingerprint density at radius 3 is 1.69 bits per heavy atom. The minimum Gasteiger partial charge on any atom is -0.309 e. The van der Waals surface area contributed by atoms with Crippen LogP contribution in [0.4, 0.5) is 0 Å². The van der Waals surface area contributed by atoms with Crippen molar-refractivity contribution in [2.24, 2.45) is 5.92 Å². The fourth-order valence-electron chi connectivity index (χ4n) is 1.77. The van der Waals surface area contributed by atoms with Gasteiger partial charge in [0.2, 0.25) is 0 Å². The average Bonchev–Trinajstić information content (AvgIpc) is 1.98. The summed E-state index contributed by atoms with van der Waals surface area (Å²) >= 11 is 0. The predicted octanol–water partition coefficient (Wildman–Crippen LogP) is 1.92. The van der Waals surface area contributed by atoms with Crippen LogP contribution in [0.1, 0.15) is 26.2 Å². The highest BCUT2D eigenvalue weighted by molar-refractivity contribution is 4.64. The maximum Gasteiger partial charge on any atom is 0.00158 e. The van der Waals surface area contributed by atoms with Crippen LogP contribution >= 0.6 is 0 Å². The molecule has 0 fully saturated rings. The summed E-state index contributed by atoms with van der Waals surface area (Å²) in [5.74, 6) is 0.838. The Bertz CT molecular complexity index is 101. The van der Waals surface area contributed by atoms with Crippen LogP contribution in [0.3, 0.4) is 0 Å².